The molecule has 1 aliphatic carbocycles. The van der Waals surface area contributed by atoms with Crippen LogP contribution in [0.1, 0.15) is 24.8 Å². The maximum Gasteiger partial charge on any atom is 0.303 e. The average molecular weight is 306 g/mol. The zero-order valence-electron chi connectivity index (χ0n) is 11.4. The van der Waals surface area contributed by atoms with Gasteiger partial charge in [-0.2, -0.15) is 0 Å². The maximum absolute atomic E-state index is 10.6. The first kappa shape index (κ1) is 15.3. The SMILES string of the molecule is O=C(O)CCC(=NO)C1(Cl)C=CC(c2ccccc2)=CC1. The number of carboxylic acids is 1. The van der Waals surface area contributed by atoms with Crippen LogP contribution in [0.2, 0.25) is 0 Å². The molecule has 21 heavy (non-hydrogen) atoms. The van der Waals surface area contributed by atoms with Gasteiger partial charge in [-0.15, -0.1) is 11.6 Å². The molecule has 4 nitrogen and oxygen atoms in total. The number of benzene rings is 1. The van der Waals surface area contributed by atoms with Gasteiger partial charge in [-0.25, -0.2) is 0 Å². The van der Waals surface area contributed by atoms with Crippen LogP contribution in [0.3, 0.4) is 0 Å². The normalized spacial score (nSPS) is 22.0. The van der Waals surface area contributed by atoms with Crippen molar-refractivity contribution in [2.45, 2.75) is 24.1 Å². The van der Waals surface area contributed by atoms with Gasteiger partial charge in [0.1, 0.15) is 4.87 Å². The van der Waals surface area contributed by atoms with Gasteiger partial charge in [-0.3, -0.25) is 4.79 Å². The molecular weight excluding hydrogens is 290 g/mol. The summed E-state index contributed by atoms with van der Waals surface area (Å²) in [5.41, 5.74) is 2.40. The predicted molar refractivity (Wildman–Crippen MR) is 82.9 cm³/mol. The van der Waals surface area contributed by atoms with Crippen LogP contribution in [0.5, 0.6) is 0 Å². The van der Waals surface area contributed by atoms with Crippen molar-refractivity contribution in [3.8, 4) is 0 Å². The molecule has 0 aliphatic heterocycles. The number of rotatable bonds is 5. The van der Waals surface area contributed by atoms with E-state index in [1.165, 1.54) is 0 Å². The summed E-state index contributed by atoms with van der Waals surface area (Å²) in [6.45, 7) is 0. The second kappa shape index (κ2) is 6.59. The number of aliphatic carboxylic acids is 1. The first-order valence-electron chi connectivity index (χ1n) is 6.62. The Labute approximate surface area is 128 Å². The molecule has 1 aliphatic rings. The molecule has 0 radical (unpaired) electrons. The summed E-state index contributed by atoms with van der Waals surface area (Å²) in [4.78, 5) is 9.68. The summed E-state index contributed by atoms with van der Waals surface area (Å²) in [5.74, 6) is -0.947. The fourth-order valence-corrected chi connectivity index (χ4v) is 2.51. The van der Waals surface area contributed by atoms with Crippen molar-refractivity contribution in [1.29, 1.82) is 0 Å². The topological polar surface area (TPSA) is 69.9 Å². The highest BCUT2D eigenvalue weighted by Gasteiger charge is 2.32. The summed E-state index contributed by atoms with van der Waals surface area (Å²) < 4.78 is 0. The Hall–Kier alpha value is -2.07. The molecule has 2 rings (SSSR count). The van der Waals surface area contributed by atoms with Crippen LogP contribution in [0.4, 0.5) is 0 Å². The second-order valence-electron chi connectivity index (χ2n) is 4.87. The Morgan fingerprint density at radius 2 is 2.00 bits per heavy atom. The number of alkyl halides is 1. The minimum atomic E-state index is -0.956. The number of oxime groups is 1. The Morgan fingerprint density at radius 3 is 2.52 bits per heavy atom. The lowest BCUT2D eigenvalue weighted by Gasteiger charge is -2.26. The molecule has 1 atom stereocenters. The number of carbonyl (C=O) groups is 1. The lowest BCUT2D eigenvalue weighted by Crippen LogP contribution is -2.31. The van der Waals surface area contributed by atoms with Gasteiger partial charge >= 0.3 is 5.97 Å². The molecule has 0 bridgehead atoms. The number of nitrogens with zero attached hydrogens (tertiary/aromatic N) is 1. The van der Waals surface area contributed by atoms with Crippen LogP contribution in [0.15, 0.2) is 53.7 Å². The molecule has 1 aromatic rings. The molecule has 1 unspecified atom stereocenters. The van der Waals surface area contributed by atoms with Crippen molar-refractivity contribution in [1.82, 2.24) is 0 Å². The molecule has 0 spiro atoms. The Morgan fingerprint density at radius 1 is 1.29 bits per heavy atom. The molecular formula is C16H16ClNO3. The molecule has 0 amide bonds. The second-order valence-corrected chi connectivity index (χ2v) is 5.54. The Balaban J connectivity index is 2.13. The van der Waals surface area contributed by atoms with Gasteiger partial charge in [0.15, 0.2) is 0 Å². The van der Waals surface area contributed by atoms with E-state index in [-0.39, 0.29) is 18.6 Å². The van der Waals surface area contributed by atoms with Crippen LogP contribution in [0, 0.1) is 0 Å². The fraction of sp³-hybridized carbons (Fsp3) is 0.250. The van der Waals surface area contributed by atoms with E-state index in [1.54, 1.807) is 6.08 Å². The van der Waals surface area contributed by atoms with E-state index >= 15 is 0 Å². The van der Waals surface area contributed by atoms with Crippen LogP contribution in [-0.2, 0) is 4.79 Å². The predicted octanol–water partition coefficient (Wildman–Crippen LogP) is 3.70. The van der Waals surface area contributed by atoms with E-state index < -0.39 is 10.8 Å². The van der Waals surface area contributed by atoms with Gasteiger partial charge in [0.05, 0.1) is 12.1 Å². The van der Waals surface area contributed by atoms with Crippen molar-refractivity contribution in [2.24, 2.45) is 5.16 Å². The molecule has 110 valence electrons. The molecule has 0 saturated heterocycles. The van der Waals surface area contributed by atoms with E-state index in [4.69, 9.17) is 21.9 Å². The molecule has 5 heteroatoms. The fourth-order valence-electron chi connectivity index (χ4n) is 2.24. The summed E-state index contributed by atoms with van der Waals surface area (Å²) in [6, 6.07) is 9.87. The van der Waals surface area contributed by atoms with Crippen LogP contribution in [-0.4, -0.2) is 26.9 Å². The quantitative estimate of drug-likeness (QED) is 0.377. The smallest absolute Gasteiger partial charge is 0.303 e. The Kier molecular flexibility index (Phi) is 4.81. The van der Waals surface area contributed by atoms with Crippen molar-refractivity contribution in [3.05, 3.63) is 54.1 Å². The van der Waals surface area contributed by atoms with Gasteiger partial charge < -0.3 is 10.3 Å². The molecule has 0 heterocycles. The number of hydrogen-bond donors (Lipinski definition) is 2. The number of halogens is 1. The van der Waals surface area contributed by atoms with Crippen LogP contribution >= 0.6 is 11.6 Å². The molecule has 0 aromatic heterocycles. The third-order valence-electron chi connectivity index (χ3n) is 3.43. The van der Waals surface area contributed by atoms with Gasteiger partial charge in [0.2, 0.25) is 0 Å². The van der Waals surface area contributed by atoms with Crippen molar-refractivity contribution < 1.29 is 15.1 Å². The van der Waals surface area contributed by atoms with Gasteiger partial charge in [0, 0.05) is 6.42 Å². The monoisotopic (exact) mass is 305 g/mol. The highest BCUT2D eigenvalue weighted by Crippen LogP contribution is 2.34. The zero-order valence-corrected chi connectivity index (χ0v) is 12.1. The van der Waals surface area contributed by atoms with Crippen molar-refractivity contribution in [2.75, 3.05) is 0 Å². The van der Waals surface area contributed by atoms with E-state index in [0.717, 1.165) is 11.1 Å². The summed E-state index contributed by atoms with van der Waals surface area (Å²) in [5, 5.41) is 21.0. The van der Waals surface area contributed by atoms with E-state index in [2.05, 4.69) is 5.16 Å². The lowest BCUT2D eigenvalue weighted by molar-refractivity contribution is -0.136. The summed E-state index contributed by atoms with van der Waals surface area (Å²) in [7, 11) is 0. The van der Waals surface area contributed by atoms with E-state index in [0.29, 0.717) is 6.42 Å². The third kappa shape index (κ3) is 3.73. The average Bonchev–Trinajstić information content (AvgIpc) is 2.49. The molecule has 1 aromatic carbocycles. The molecule has 0 saturated carbocycles. The van der Waals surface area contributed by atoms with Crippen molar-refractivity contribution >= 4 is 28.9 Å². The first-order chi connectivity index (χ1) is 10.0. The third-order valence-corrected chi connectivity index (χ3v) is 3.93. The maximum atomic E-state index is 10.6. The van der Waals surface area contributed by atoms with Crippen LogP contribution < -0.4 is 0 Å². The summed E-state index contributed by atoms with van der Waals surface area (Å²) in [6.07, 6.45) is 6.05. The highest BCUT2D eigenvalue weighted by atomic mass is 35.5. The van der Waals surface area contributed by atoms with Gasteiger partial charge in [-0.05, 0) is 17.6 Å². The number of carboxylic acid groups (broad SMARTS) is 1. The Bertz CT molecular complexity index is 607. The minimum absolute atomic E-state index is 0.114. The number of hydrogen-bond acceptors (Lipinski definition) is 3. The van der Waals surface area contributed by atoms with E-state index in [9.17, 15) is 4.79 Å². The van der Waals surface area contributed by atoms with E-state index in [1.807, 2.05) is 42.5 Å². The number of allylic oxidation sites excluding steroid dienone is 4. The minimum Gasteiger partial charge on any atom is -0.481 e. The van der Waals surface area contributed by atoms with Crippen molar-refractivity contribution in [3.63, 3.8) is 0 Å². The first-order valence-corrected chi connectivity index (χ1v) is 7.00. The highest BCUT2D eigenvalue weighted by molar-refractivity contribution is 6.38. The summed E-state index contributed by atoms with van der Waals surface area (Å²) >= 11 is 6.46. The van der Waals surface area contributed by atoms with Crippen LogP contribution in [0.25, 0.3) is 5.57 Å². The lowest BCUT2D eigenvalue weighted by atomic mass is 9.87. The van der Waals surface area contributed by atoms with Gasteiger partial charge in [-0.1, -0.05) is 53.7 Å². The molecule has 2 N–H and O–H groups in total. The molecule has 0 fully saturated rings. The van der Waals surface area contributed by atoms with Gasteiger partial charge in [0.25, 0.3) is 0 Å². The standard InChI is InChI=1S/C16H16ClNO3/c17-16(14(18-21)6-7-15(19)20)10-8-13(9-11-16)12-4-2-1-3-5-12/h1-5,8-10,21H,6-7,11H2,(H,19,20). The largest absolute Gasteiger partial charge is 0.481 e. The zero-order chi connectivity index (χ0) is 15.3.